The Labute approximate surface area is 87.9 Å². The number of nitriles is 1. The van der Waals surface area contributed by atoms with Crippen molar-refractivity contribution in [2.75, 3.05) is 5.32 Å². The molecule has 0 spiro atoms. The largest absolute Gasteiger partial charge is 0.354 e. The molecule has 4 nitrogen and oxygen atoms in total. The normalized spacial score (nSPS) is 10.5. The van der Waals surface area contributed by atoms with Crippen LogP contribution in [0.4, 0.5) is 5.95 Å². The molecule has 0 aliphatic rings. The lowest BCUT2D eigenvalue weighted by Crippen LogP contribution is -2.10. The molecule has 0 atom stereocenters. The fraction of sp³-hybridized carbons (Fsp3) is 0.273. The third-order valence-electron chi connectivity index (χ3n) is 2.04. The second-order valence-electron chi connectivity index (χ2n) is 3.73. The maximum absolute atomic E-state index is 8.75. The molecule has 0 aliphatic carbocycles. The number of nitrogens with zero attached hydrogens (tertiary/aromatic N) is 2. The Kier molecular flexibility index (Phi) is 2.30. The minimum absolute atomic E-state index is 0.334. The van der Waals surface area contributed by atoms with Crippen LogP contribution < -0.4 is 5.32 Å². The van der Waals surface area contributed by atoms with E-state index in [9.17, 15) is 0 Å². The van der Waals surface area contributed by atoms with E-state index in [1.807, 2.05) is 19.9 Å². The van der Waals surface area contributed by atoms with Crippen LogP contribution in [-0.2, 0) is 0 Å². The van der Waals surface area contributed by atoms with Gasteiger partial charge in [0.1, 0.15) is 0 Å². The minimum atomic E-state index is 0.334. The number of hydrogen-bond donors (Lipinski definition) is 2. The first-order valence-electron chi connectivity index (χ1n) is 4.85. The van der Waals surface area contributed by atoms with Crippen molar-refractivity contribution in [3.8, 4) is 6.07 Å². The maximum atomic E-state index is 8.75. The molecule has 0 amide bonds. The van der Waals surface area contributed by atoms with Gasteiger partial charge in [0.15, 0.2) is 0 Å². The van der Waals surface area contributed by atoms with Gasteiger partial charge >= 0.3 is 0 Å². The fourth-order valence-electron chi connectivity index (χ4n) is 1.42. The van der Waals surface area contributed by atoms with Crippen molar-refractivity contribution in [2.45, 2.75) is 19.9 Å². The summed E-state index contributed by atoms with van der Waals surface area (Å²) in [6, 6.07) is 7.84. The summed E-state index contributed by atoms with van der Waals surface area (Å²) < 4.78 is 0. The van der Waals surface area contributed by atoms with Crippen LogP contribution in [0, 0.1) is 11.3 Å². The summed E-state index contributed by atoms with van der Waals surface area (Å²) >= 11 is 0. The highest BCUT2D eigenvalue weighted by atomic mass is 15.1. The van der Waals surface area contributed by atoms with Crippen molar-refractivity contribution >= 4 is 17.0 Å². The van der Waals surface area contributed by atoms with Gasteiger partial charge in [-0.2, -0.15) is 5.26 Å². The van der Waals surface area contributed by atoms with Crippen molar-refractivity contribution in [3.63, 3.8) is 0 Å². The fourth-order valence-corrected chi connectivity index (χ4v) is 1.42. The number of anilines is 1. The highest BCUT2D eigenvalue weighted by molar-refractivity contribution is 5.78. The third-order valence-corrected chi connectivity index (χ3v) is 2.04. The van der Waals surface area contributed by atoms with Crippen LogP contribution in [0.1, 0.15) is 19.4 Å². The van der Waals surface area contributed by atoms with Crippen LogP contribution in [0.15, 0.2) is 18.2 Å². The van der Waals surface area contributed by atoms with Gasteiger partial charge in [0.05, 0.1) is 22.7 Å². The Morgan fingerprint density at radius 1 is 1.47 bits per heavy atom. The van der Waals surface area contributed by atoms with E-state index in [0.29, 0.717) is 11.6 Å². The zero-order chi connectivity index (χ0) is 10.8. The predicted octanol–water partition coefficient (Wildman–Crippen LogP) is 2.25. The topological polar surface area (TPSA) is 64.5 Å². The van der Waals surface area contributed by atoms with E-state index in [-0.39, 0.29) is 0 Å². The molecule has 1 aromatic carbocycles. The van der Waals surface area contributed by atoms with Crippen molar-refractivity contribution in [1.82, 2.24) is 9.97 Å². The van der Waals surface area contributed by atoms with Crippen LogP contribution in [0.3, 0.4) is 0 Å². The summed E-state index contributed by atoms with van der Waals surface area (Å²) in [5.41, 5.74) is 2.40. The molecule has 2 N–H and O–H groups in total. The van der Waals surface area contributed by atoms with Crippen LogP contribution in [0.25, 0.3) is 11.0 Å². The van der Waals surface area contributed by atoms with Gasteiger partial charge in [0.25, 0.3) is 0 Å². The van der Waals surface area contributed by atoms with E-state index in [1.54, 1.807) is 12.1 Å². The van der Waals surface area contributed by atoms with Gasteiger partial charge in [-0.3, -0.25) is 0 Å². The number of H-pyrrole nitrogens is 1. The lowest BCUT2D eigenvalue weighted by molar-refractivity contribution is 0.883. The molecule has 0 radical (unpaired) electrons. The first-order valence-corrected chi connectivity index (χ1v) is 4.85. The molecule has 2 aromatic rings. The molecule has 76 valence electrons. The van der Waals surface area contributed by atoms with Gasteiger partial charge in [0, 0.05) is 6.04 Å². The summed E-state index contributed by atoms with van der Waals surface area (Å²) in [7, 11) is 0. The predicted molar refractivity (Wildman–Crippen MR) is 59.6 cm³/mol. The summed E-state index contributed by atoms with van der Waals surface area (Å²) in [6.07, 6.45) is 0. The zero-order valence-electron chi connectivity index (χ0n) is 8.70. The summed E-state index contributed by atoms with van der Waals surface area (Å²) in [5, 5.41) is 11.9. The molecule has 0 fully saturated rings. The third kappa shape index (κ3) is 1.91. The molecule has 0 saturated carbocycles. The lowest BCUT2D eigenvalue weighted by Gasteiger charge is -2.04. The molecule has 15 heavy (non-hydrogen) atoms. The van der Waals surface area contributed by atoms with Crippen molar-refractivity contribution < 1.29 is 0 Å². The van der Waals surface area contributed by atoms with Crippen LogP contribution >= 0.6 is 0 Å². The molecule has 1 aromatic heterocycles. The van der Waals surface area contributed by atoms with E-state index in [1.165, 1.54) is 0 Å². The lowest BCUT2D eigenvalue weighted by atomic mass is 10.2. The number of hydrogen-bond acceptors (Lipinski definition) is 3. The Morgan fingerprint density at radius 2 is 2.27 bits per heavy atom. The van der Waals surface area contributed by atoms with Crippen molar-refractivity contribution in [1.29, 1.82) is 5.26 Å². The molecule has 0 unspecified atom stereocenters. The van der Waals surface area contributed by atoms with E-state index in [0.717, 1.165) is 17.0 Å². The molecule has 0 bridgehead atoms. The Bertz CT molecular complexity index is 519. The number of imidazole rings is 1. The van der Waals surface area contributed by atoms with Gasteiger partial charge in [-0.15, -0.1) is 0 Å². The van der Waals surface area contributed by atoms with Crippen LogP contribution in [0.2, 0.25) is 0 Å². The molecular formula is C11H12N4. The number of rotatable bonds is 2. The van der Waals surface area contributed by atoms with E-state index in [4.69, 9.17) is 5.26 Å². The van der Waals surface area contributed by atoms with Crippen LogP contribution in [-0.4, -0.2) is 16.0 Å². The Balaban J connectivity index is 2.43. The maximum Gasteiger partial charge on any atom is 0.201 e. The number of aromatic nitrogens is 2. The average Bonchev–Trinajstić information content (AvgIpc) is 2.57. The number of fused-ring (bicyclic) bond motifs is 1. The molecular weight excluding hydrogens is 188 g/mol. The first kappa shape index (κ1) is 9.53. The number of benzene rings is 1. The van der Waals surface area contributed by atoms with Gasteiger partial charge in [-0.05, 0) is 32.0 Å². The smallest absolute Gasteiger partial charge is 0.201 e. The van der Waals surface area contributed by atoms with Gasteiger partial charge in [-0.1, -0.05) is 0 Å². The Morgan fingerprint density at radius 3 is 2.93 bits per heavy atom. The zero-order valence-corrected chi connectivity index (χ0v) is 8.70. The standard InChI is InChI=1S/C11H12N4/c1-7(2)13-11-14-9-4-3-8(6-12)5-10(9)15-11/h3-5,7H,1-2H3,(H2,13,14,15). The second-order valence-corrected chi connectivity index (χ2v) is 3.73. The molecule has 0 aliphatic heterocycles. The first-order chi connectivity index (χ1) is 7.19. The van der Waals surface area contributed by atoms with Crippen molar-refractivity contribution in [3.05, 3.63) is 23.8 Å². The highest BCUT2D eigenvalue weighted by Gasteiger charge is 2.03. The number of aromatic amines is 1. The average molecular weight is 200 g/mol. The molecule has 1 heterocycles. The van der Waals surface area contributed by atoms with Gasteiger partial charge < -0.3 is 10.3 Å². The van der Waals surface area contributed by atoms with E-state index < -0.39 is 0 Å². The van der Waals surface area contributed by atoms with Gasteiger partial charge in [-0.25, -0.2) is 4.98 Å². The summed E-state index contributed by atoms with van der Waals surface area (Å²) in [6.45, 7) is 4.10. The molecule has 4 heteroatoms. The minimum Gasteiger partial charge on any atom is -0.354 e. The van der Waals surface area contributed by atoms with Gasteiger partial charge in [0.2, 0.25) is 5.95 Å². The summed E-state index contributed by atoms with van der Waals surface area (Å²) in [4.78, 5) is 7.48. The monoisotopic (exact) mass is 200 g/mol. The van der Waals surface area contributed by atoms with E-state index in [2.05, 4.69) is 21.4 Å². The molecule has 2 rings (SSSR count). The summed E-state index contributed by atoms with van der Waals surface area (Å²) in [5.74, 6) is 0.745. The Hall–Kier alpha value is -2.02. The van der Waals surface area contributed by atoms with Crippen LogP contribution in [0.5, 0.6) is 0 Å². The number of nitrogens with one attached hydrogen (secondary N) is 2. The quantitative estimate of drug-likeness (QED) is 0.781. The second kappa shape index (κ2) is 3.62. The van der Waals surface area contributed by atoms with Crippen molar-refractivity contribution in [2.24, 2.45) is 0 Å². The van der Waals surface area contributed by atoms with E-state index >= 15 is 0 Å². The molecule has 0 saturated heterocycles. The SMILES string of the molecule is CC(C)Nc1nc2ccc(C#N)cc2[nH]1. The highest BCUT2D eigenvalue weighted by Crippen LogP contribution is 2.16.